The van der Waals surface area contributed by atoms with Gasteiger partial charge in [0.2, 0.25) is 0 Å². The van der Waals surface area contributed by atoms with Crippen molar-refractivity contribution in [2.45, 2.75) is 242 Å². The molecule has 0 rings (SSSR count). The number of hydrogen-bond acceptors (Lipinski definition) is 17. The fourth-order valence-electron chi connectivity index (χ4n) is 6.88. The van der Waals surface area contributed by atoms with E-state index < -0.39 is 59.1 Å². The Bertz CT molecular complexity index is 1680. The first-order valence-electron chi connectivity index (χ1n) is 29.4. The van der Waals surface area contributed by atoms with Gasteiger partial charge in [0.1, 0.15) is 24.4 Å². The average Bonchev–Trinajstić information content (AvgIpc) is 3.42. The molecule has 84 heavy (non-hydrogen) atoms. The Labute approximate surface area is 521 Å². The third kappa shape index (κ3) is 73.1. The van der Waals surface area contributed by atoms with E-state index in [-0.39, 0.29) is 81.3 Å². The van der Waals surface area contributed by atoms with Crippen molar-refractivity contribution in [3.63, 3.8) is 0 Å². The normalized spacial score (nSPS) is 11.0. The molecular formula is C62H115AlB2N3O16. The first-order chi connectivity index (χ1) is 38.4. The molecule has 0 aliphatic rings. The summed E-state index contributed by atoms with van der Waals surface area (Å²) in [5.74, 6) is -4.12. The van der Waals surface area contributed by atoms with Gasteiger partial charge in [-0.05, 0) is 80.1 Å². The van der Waals surface area contributed by atoms with E-state index in [4.69, 9.17) is 32.8 Å². The fraction of sp³-hybridized carbons (Fsp3) is 0.774. The van der Waals surface area contributed by atoms with Crippen molar-refractivity contribution < 1.29 is 76.3 Å². The van der Waals surface area contributed by atoms with E-state index in [1.165, 1.54) is 116 Å². The van der Waals surface area contributed by atoms with Gasteiger partial charge in [-0.2, -0.15) is 0 Å². The Balaban J connectivity index is -0.000000162. The SMILES string of the molecule is C.C=CC(=O)OCCCC.C=CC(=O)OCCCCCCCCCCCCCCCCCC.C=CC(=O)OCCNC(=O)OC(C)(C)C.CCCCOC(=O)C(CC)CC(CC(C)C(=O)OCCNC(=O)OC(C)(C)C)C(=O)OC.[B].[B].[NH]=[Al]. The second kappa shape index (κ2) is 67.2. The summed E-state index contributed by atoms with van der Waals surface area (Å²) in [6, 6.07) is 0. The molecule has 0 saturated carbocycles. The van der Waals surface area contributed by atoms with Gasteiger partial charge < -0.3 is 48.5 Å². The van der Waals surface area contributed by atoms with Crippen LogP contribution in [-0.4, -0.2) is 145 Å². The van der Waals surface area contributed by atoms with Crippen molar-refractivity contribution in [1.29, 1.82) is 4.35 Å². The summed E-state index contributed by atoms with van der Waals surface area (Å²) in [7, 11) is 1.28. The zero-order chi connectivity index (χ0) is 62.8. The summed E-state index contributed by atoms with van der Waals surface area (Å²) < 4.78 is 45.4. The Morgan fingerprint density at radius 3 is 1.10 bits per heavy atom. The molecule has 0 aromatic heterocycles. The van der Waals surface area contributed by atoms with Crippen LogP contribution < -0.4 is 10.6 Å². The summed E-state index contributed by atoms with van der Waals surface area (Å²) in [5, 5.41) is 4.95. The molecule has 0 heterocycles. The van der Waals surface area contributed by atoms with Crippen LogP contribution in [0.4, 0.5) is 9.59 Å². The van der Waals surface area contributed by atoms with Crippen molar-refractivity contribution in [1.82, 2.24) is 10.6 Å². The number of carbonyl (C=O) groups is 8. The number of rotatable bonds is 40. The first kappa shape index (κ1) is 95.4. The maximum atomic E-state index is 12.3. The zero-order valence-corrected chi connectivity index (χ0v) is 54.7. The molecule has 7 radical (unpaired) electrons. The Hall–Kier alpha value is -4.96. The molecule has 3 N–H and O–H groups in total. The molecule has 0 aromatic carbocycles. The van der Waals surface area contributed by atoms with Gasteiger partial charge in [-0.1, -0.05) is 171 Å². The van der Waals surface area contributed by atoms with Gasteiger partial charge in [-0.3, -0.25) is 14.4 Å². The van der Waals surface area contributed by atoms with E-state index in [1.54, 1.807) is 64.6 Å². The average molecular weight is 1210 g/mol. The number of ether oxygens (including phenoxy) is 8. The van der Waals surface area contributed by atoms with Crippen molar-refractivity contribution in [3.05, 3.63) is 38.0 Å². The van der Waals surface area contributed by atoms with Crippen molar-refractivity contribution in [3.8, 4) is 0 Å². The van der Waals surface area contributed by atoms with Gasteiger partial charge in [0.15, 0.2) is 0 Å². The molecule has 0 bridgehead atoms. The molecule has 3 unspecified atom stereocenters. The molecule has 0 saturated heterocycles. The summed E-state index contributed by atoms with van der Waals surface area (Å²) in [4.78, 5) is 91.4. The number of amides is 2. The minimum atomic E-state index is -0.633. The zero-order valence-electron chi connectivity index (χ0n) is 53.6. The Morgan fingerprint density at radius 2 is 0.762 bits per heavy atom. The number of esters is 6. The molecule has 22 heteroatoms. The van der Waals surface area contributed by atoms with Crippen molar-refractivity contribution in [2.75, 3.05) is 53.2 Å². The van der Waals surface area contributed by atoms with Crippen LogP contribution in [0.1, 0.15) is 231 Å². The third-order valence-corrected chi connectivity index (χ3v) is 11.2. The summed E-state index contributed by atoms with van der Waals surface area (Å²) >= 11 is 1.67. The number of hydrogen-bond donors (Lipinski definition) is 3. The topological polar surface area (TPSA) is 258 Å². The van der Waals surface area contributed by atoms with Crippen LogP contribution in [0.25, 0.3) is 0 Å². The van der Waals surface area contributed by atoms with Gasteiger partial charge in [0.25, 0.3) is 0 Å². The second-order valence-electron chi connectivity index (χ2n) is 21.0. The number of nitrogens with one attached hydrogen (secondary N) is 3. The van der Waals surface area contributed by atoms with Crippen LogP contribution >= 0.6 is 0 Å². The van der Waals surface area contributed by atoms with Crippen LogP contribution in [0.3, 0.4) is 0 Å². The van der Waals surface area contributed by atoms with E-state index in [0.29, 0.717) is 26.2 Å². The van der Waals surface area contributed by atoms with E-state index >= 15 is 0 Å². The standard InChI is InChI=1S/C23H41NO8.C21H40O2.C10H17NO4.C7H12O2.CH4.Al.2B.HN/c1-8-10-12-30-21(27)17(9-2)15-18(20(26)29-7)14-16(3)19(25)31-13-11-24-22(28)32-23(4,5)6;1-3-5-6-7-8-9-10-11-12-13-14-15-16-17-18-19-20-23-21(22)4-2;1-5-8(12)14-7-6-11-9(13)15-10(2,3)4;1-3-5-6-9-7(8)4-2;;;;;/h16-18H,8-15H2,1-7H3,(H,24,28);4H,2-3,5-20H2,1H3;5H,1,6-7H2,2-4H3,(H,11,13);4H,2-3,5-6H2,1H3;1H4;;;;1H. The Kier molecular flexibility index (Phi) is 76.3. The Morgan fingerprint density at radius 1 is 0.452 bits per heavy atom. The quantitative estimate of drug-likeness (QED) is 0.0169. The van der Waals surface area contributed by atoms with Crippen LogP contribution in [0.2, 0.25) is 0 Å². The maximum absolute atomic E-state index is 12.3. The molecule has 3 atom stereocenters. The van der Waals surface area contributed by atoms with Gasteiger partial charge in [-0.15, -0.1) is 0 Å². The van der Waals surface area contributed by atoms with E-state index in [2.05, 4.69) is 46.8 Å². The van der Waals surface area contributed by atoms with E-state index in [1.807, 2.05) is 20.8 Å². The van der Waals surface area contributed by atoms with Gasteiger partial charge >= 0.3 is 68.4 Å². The summed E-state index contributed by atoms with van der Waals surface area (Å²) in [5.41, 5.74) is -1.14. The molecule has 0 aliphatic heterocycles. The van der Waals surface area contributed by atoms with E-state index in [9.17, 15) is 38.4 Å². The molecule has 0 spiro atoms. The monoisotopic (exact) mass is 1210 g/mol. The number of carbonyl (C=O) groups excluding carboxylic acids is 8. The van der Waals surface area contributed by atoms with Gasteiger partial charge in [0.05, 0.1) is 57.8 Å². The summed E-state index contributed by atoms with van der Waals surface area (Å²) in [6.07, 6.45) is 28.7. The number of alkyl carbamates (subject to hydrolysis) is 2. The molecule has 0 aliphatic carbocycles. The van der Waals surface area contributed by atoms with Crippen molar-refractivity contribution >= 4 is 80.9 Å². The molecule has 0 aromatic rings. The molecule has 2 amide bonds. The molecule has 0 fully saturated rings. The third-order valence-electron chi connectivity index (χ3n) is 11.2. The van der Waals surface area contributed by atoms with Crippen molar-refractivity contribution in [2.24, 2.45) is 17.8 Å². The van der Waals surface area contributed by atoms with Crippen LogP contribution in [0.15, 0.2) is 38.0 Å². The fourth-order valence-corrected chi connectivity index (χ4v) is 6.88. The second-order valence-corrected chi connectivity index (χ2v) is 21.0. The molecule has 483 valence electrons. The van der Waals surface area contributed by atoms with Gasteiger partial charge in [0, 0.05) is 35.1 Å². The van der Waals surface area contributed by atoms with Gasteiger partial charge in [-0.25, -0.2) is 24.0 Å². The first-order valence-corrected chi connectivity index (χ1v) is 30.0. The van der Waals surface area contributed by atoms with Crippen LogP contribution in [0.5, 0.6) is 0 Å². The predicted molar refractivity (Wildman–Crippen MR) is 338 cm³/mol. The molecule has 19 nitrogen and oxygen atoms in total. The van der Waals surface area contributed by atoms with Crippen LogP contribution in [-0.2, 0) is 66.7 Å². The van der Waals surface area contributed by atoms with Crippen LogP contribution in [0, 0.1) is 22.1 Å². The summed E-state index contributed by atoms with van der Waals surface area (Å²) in [6.45, 7) is 32.1. The van der Waals surface area contributed by atoms with E-state index in [0.717, 1.165) is 38.2 Å². The number of unbranched alkanes of at least 4 members (excludes halogenated alkanes) is 17. The predicted octanol–water partition coefficient (Wildman–Crippen LogP) is 13.2. The number of methoxy groups -OCH3 is 1. The molecular weight excluding hydrogens is 1090 g/mol. The minimum absolute atomic E-state index is 0.